The van der Waals surface area contributed by atoms with E-state index in [1.54, 1.807) is 0 Å². The fraction of sp³-hybridized carbons (Fsp3) is 0.400. The van der Waals surface area contributed by atoms with Crippen molar-refractivity contribution in [1.29, 1.82) is 0 Å². The molecule has 2 aromatic rings. The Balaban J connectivity index is 1.40. The van der Waals surface area contributed by atoms with Crippen molar-refractivity contribution in [2.75, 3.05) is 6.54 Å². The minimum absolute atomic E-state index is 0.277. The summed E-state index contributed by atoms with van der Waals surface area (Å²) < 4.78 is 0. The van der Waals surface area contributed by atoms with Crippen LogP contribution in [0.15, 0.2) is 41.3 Å². The van der Waals surface area contributed by atoms with E-state index in [1.165, 1.54) is 41.1 Å². The van der Waals surface area contributed by atoms with Crippen LogP contribution in [-0.4, -0.2) is 23.5 Å². The zero-order valence-corrected chi connectivity index (χ0v) is 16.7. The molecule has 0 bridgehead atoms. The Morgan fingerprint density at radius 3 is 2.70 bits per heavy atom. The number of hydrogen-bond acceptors (Lipinski definition) is 5. The van der Waals surface area contributed by atoms with Crippen LogP contribution in [-0.2, 0) is 16.1 Å². The Bertz CT molecular complexity index is 796. The molecule has 0 aliphatic heterocycles. The molecule has 3 N–H and O–H groups in total. The maximum absolute atomic E-state index is 11.9. The number of rotatable bonds is 7. The Morgan fingerprint density at radius 2 is 1.96 bits per heavy atom. The molecule has 2 aromatic heterocycles. The number of hydrogen-bond donors (Lipinski definition) is 3. The molecule has 2 amide bonds. The van der Waals surface area contributed by atoms with Crippen molar-refractivity contribution in [3.63, 3.8) is 0 Å². The molecule has 0 radical (unpaired) electrons. The number of thiophene rings is 2. The van der Waals surface area contributed by atoms with Gasteiger partial charge >= 0.3 is 11.8 Å². The highest BCUT2D eigenvalue weighted by molar-refractivity contribution is 7.12. The van der Waals surface area contributed by atoms with Crippen molar-refractivity contribution in [3.05, 3.63) is 55.9 Å². The number of aliphatic hydroxyl groups is 1. The summed E-state index contributed by atoms with van der Waals surface area (Å²) in [6.45, 7) is 0.771. The van der Waals surface area contributed by atoms with Crippen LogP contribution in [0.2, 0.25) is 0 Å². The van der Waals surface area contributed by atoms with Crippen LogP contribution in [0, 0.1) is 0 Å². The molecule has 0 aromatic carbocycles. The van der Waals surface area contributed by atoms with Crippen molar-refractivity contribution in [3.8, 4) is 0 Å². The summed E-state index contributed by atoms with van der Waals surface area (Å²) in [6.07, 6.45) is 7.09. The molecule has 27 heavy (non-hydrogen) atoms. The normalized spacial score (nSPS) is 15.1. The first-order valence-corrected chi connectivity index (χ1v) is 10.9. The predicted octanol–water partition coefficient (Wildman–Crippen LogP) is 3.51. The van der Waals surface area contributed by atoms with E-state index in [2.05, 4.69) is 16.7 Å². The zero-order valence-electron chi connectivity index (χ0n) is 15.1. The average Bonchev–Trinajstić information content (AvgIpc) is 3.38. The molecule has 0 spiro atoms. The highest BCUT2D eigenvalue weighted by atomic mass is 32.1. The quantitative estimate of drug-likeness (QED) is 0.488. The fourth-order valence-corrected chi connectivity index (χ4v) is 4.78. The summed E-state index contributed by atoms with van der Waals surface area (Å²) in [7, 11) is 0. The van der Waals surface area contributed by atoms with Gasteiger partial charge in [-0.2, -0.15) is 0 Å². The van der Waals surface area contributed by atoms with Crippen molar-refractivity contribution in [2.24, 2.45) is 0 Å². The van der Waals surface area contributed by atoms with Crippen molar-refractivity contribution < 1.29 is 14.7 Å². The van der Waals surface area contributed by atoms with Gasteiger partial charge in [0, 0.05) is 21.2 Å². The van der Waals surface area contributed by atoms with Crippen LogP contribution in [0.25, 0.3) is 0 Å². The summed E-state index contributed by atoms with van der Waals surface area (Å²) in [5.41, 5.74) is 1.37. The zero-order chi connectivity index (χ0) is 19.1. The second-order valence-electron chi connectivity index (χ2n) is 6.52. The van der Waals surface area contributed by atoms with E-state index < -0.39 is 17.9 Å². The summed E-state index contributed by atoms with van der Waals surface area (Å²) in [6, 6.07) is 7.52. The van der Waals surface area contributed by atoms with E-state index in [0.717, 1.165) is 33.9 Å². The SMILES string of the molecule is O=C(NCCC1=CCCCC1)C(=O)NCc1ccc([C@H](O)c2cccs2)s1. The van der Waals surface area contributed by atoms with Gasteiger partial charge in [-0.1, -0.05) is 17.7 Å². The van der Waals surface area contributed by atoms with Gasteiger partial charge in [0.1, 0.15) is 6.10 Å². The minimum Gasteiger partial charge on any atom is -0.382 e. The van der Waals surface area contributed by atoms with Crippen molar-refractivity contribution in [2.45, 2.75) is 44.8 Å². The van der Waals surface area contributed by atoms with E-state index in [0.29, 0.717) is 6.54 Å². The molecule has 144 valence electrons. The Hall–Kier alpha value is -1.96. The van der Waals surface area contributed by atoms with E-state index in [4.69, 9.17) is 0 Å². The molecule has 1 atom stereocenters. The second kappa shape index (κ2) is 9.82. The van der Waals surface area contributed by atoms with Gasteiger partial charge in [0.05, 0.1) is 6.54 Å². The molecule has 0 fully saturated rings. The number of carbonyl (C=O) groups excluding carboxylic acids is 2. The number of amides is 2. The van der Waals surface area contributed by atoms with Gasteiger partial charge in [-0.3, -0.25) is 9.59 Å². The molecular formula is C20H24N2O3S2. The molecule has 7 heteroatoms. The maximum atomic E-state index is 11.9. The number of carbonyl (C=O) groups is 2. The fourth-order valence-electron chi connectivity index (χ4n) is 3.02. The van der Waals surface area contributed by atoms with Crippen LogP contribution in [0.5, 0.6) is 0 Å². The lowest BCUT2D eigenvalue weighted by atomic mass is 9.97. The summed E-state index contributed by atoms with van der Waals surface area (Å²) in [4.78, 5) is 26.5. The molecule has 0 saturated heterocycles. The van der Waals surface area contributed by atoms with Crippen LogP contribution in [0.3, 0.4) is 0 Å². The summed E-state index contributed by atoms with van der Waals surface area (Å²) >= 11 is 2.94. The standard InChI is InChI=1S/C20H24N2O3S2/c23-18(16-7-4-12-26-16)17-9-8-15(27-17)13-22-20(25)19(24)21-11-10-14-5-2-1-3-6-14/h4-5,7-9,12,18,23H,1-3,6,10-11,13H2,(H,21,24)(H,22,25)/t18-/m1/s1. The maximum Gasteiger partial charge on any atom is 0.309 e. The van der Waals surface area contributed by atoms with Gasteiger partial charge < -0.3 is 15.7 Å². The van der Waals surface area contributed by atoms with Gasteiger partial charge in [-0.15, -0.1) is 22.7 Å². The number of aliphatic hydroxyl groups excluding tert-OH is 1. The lowest BCUT2D eigenvalue weighted by molar-refractivity contribution is -0.139. The van der Waals surface area contributed by atoms with Gasteiger partial charge in [0.15, 0.2) is 0 Å². The number of allylic oxidation sites excluding steroid dienone is 1. The van der Waals surface area contributed by atoms with E-state index in [1.807, 2.05) is 29.6 Å². The van der Waals surface area contributed by atoms with Gasteiger partial charge in [0.2, 0.25) is 0 Å². The highest BCUT2D eigenvalue weighted by Crippen LogP contribution is 2.30. The first kappa shape index (κ1) is 19.8. The Kier molecular flexibility index (Phi) is 7.20. The highest BCUT2D eigenvalue weighted by Gasteiger charge is 2.16. The van der Waals surface area contributed by atoms with Gasteiger partial charge in [0.25, 0.3) is 0 Å². The largest absolute Gasteiger partial charge is 0.382 e. The minimum atomic E-state index is -0.642. The topological polar surface area (TPSA) is 78.4 Å². The van der Waals surface area contributed by atoms with Crippen LogP contribution >= 0.6 is 22.7 Å². The molecular weight excluding hydrogens is 380 g/mol. The van der Waals surface area contributed by atoms with Crippen LogP contribution in [0.4, 0.5) is 0 Å². The van der Waals surface area contributed by atoms with E-state index >= 15 is 0 Å². The predicted molar refractivity (Wildman–Crippen MR) is 109 cm³/mol. The van der Waals surface area contributed by atoms with Gasteiger partial charge in [-0.25, -0.2) is 0 Å². The van der Waals surface area contributed by atoms with Crippen molar-refractivity contribution in [1.82, 2.24) is 10.6 Å². The molecule has 0 saturated carbocycles. The lowest BCUT2D eigenvalue weighted by Gasteiger charge is -2.12. The lowest BCUT2D eigenvalue weighted by Crippen LogP contribution is -2.39. The third-order valence-corrected chi connectivity index (χ3v) is 6.57. The molecule has 2 heterocycles. The Labute approximate surface area is 167 Å². The van der Waals surface area contributed by atoms with Crippen LogP contribution in [0.1, 0.15) is 52.8 Å². The van der Waals surface area contributed by atoms with E-state index in [9.17, 15) is 14.7 Å². The van der Waals surface area contributed by atoms with E-state index in [-0.39, 0.29) is 6.54 Å². The smallest absolute Gasteiger partial charge is 0.309 e. The number of nitrogens with one attached hydrogen (secondary N) is 2. The molecule has 3 rings (SSSR count). The summed E-state index contributed by atoms with van der Waals surface area (Å²) in [5, 5.41) is 17.6. The second-order valence-corrected chi connectivity index (χ2v) is 8.70. The third-order valence-electron chi connectivity index (χ3n) is 4.51. The first-order valence-electron chi connectivity index (χ1n) is 9.17. The van der Waals surface area contributed by atoms with Gasteiger partial charge in [-0.05, 0) is 55.7 Å². The average molecular weight is 405 g/mol. The molecule has 1 aliphatic carbocycles. The first-order chi connectivity index (χ1) is 13.1. The monoisotopic (exact) mass is 404 g/mol. The molecule has 1 aliphatic rings. The Morgan fingerprint density at radius 1 is 1.11 bits per heavy atom. The molecule has 0 unspecified atom stereocenters. The summed E-state index contributed by atoms with van der Waals surface area (Å²) in [5.74, 6) is -1.22. The molecule has 5 nitrogen and oxygen atoms in total. The third kappa shape index (κ3) is 5.76. The van der Waals surface area contributed by atoms with Crippen LogP contribution < -0.4 is 10.6 Å². The van der Waals surface area contributed by atoms with Crippen molar-refractivity contribution >= 4 is 34.5 Å².